The van der Waals surface area contributed by atoms with Crippen LogP contribution in [0.1, 0.15) is 71.7 Å². The molecule has 0 spiro atoms. The molecule has 8 nitrogen and oxygen atoms in total. The second-order valence-electron chi connectivity index (χ2n) is 11.6. The molecule has 2 saturated heterocycles. The van der Waals surface area contributed by atoms with E-state index in [2.05, 4.69) is 56.7 Å². The minimum Gasteiger partial charge on any atom is -0.388 e. The second-order valence-corrected chi connectivity index (χ2v) is 11.6. The Morgan fingerprint density at radius 1 is 1.29 bits per heavy atom. The van der Waals surface area contributed by atoms with Crippen LogP contribution in [0, 0.1) is 0 Å². The van der Waals surface area contributed by atoms with E-state index in [1.54, 1.807) is 6.20 Å². The number of aliphatic hydroxyl groups is 1. The van der Waals surface area contributed by atoms with Gasteiger partial charge in [0, 0.05) is 67.5 Å². The van der Waals surface area contributed by atoms with Gasteiger partial charge in [0.2, 0.25) is 5.91 Å². The molecule has 196 valence electrons. The molecule has 0 unspecified atom stereocenters. The van der Waals surface area contributed by atoms with Crippen molar-refractivity contribution in [3.63, 3.8) is 0 Å². The van der Waals surface area contributed by atoms with Crippen molar-refractivity contribution in [1.29, 1.82) is 0 Å². The topological polar surface area (TPSA) is 81.2 Å². The molecule has 0 aromatic carbocycles. The van der Waals surface area contributed by atoms with Gasteiger partial charge in [0.15, 0.2) is 0 Å². The van der Waals surface area contributed by atoms with Crippen molar-refractivity contribution in [2.45, 2.75) is 90.1 Å². The van der Waals surface area contributed by atoms with Crippen molar-refractivity contribution in [3.8, 4) is 0 Å². The second kappa shape index (κ2) is 10.8. The number of nitrogens with one attached hydrogen (secondary N) is 1. The molecule has 4 heterocycles. The van der Waals surface area contributed by atoms with Gasteiger partial charge in [-0.15, -0.1) is 0 Å². The highest BCUT2D eigenvalue weighted by Gasteiger charge is 2.41. The smallest absolute Gasteiger partial charge is 0.241 e. The van der Waals surface area contributed by atoms with E-state index in [4.69, 9.17) is 9.72 Å². The Labute approximate surface area is 211 Å². The van der Waals surface area contributed by atoms with Crippen LogP contribution in [0.25, 0.3) is 0 Å². The monoisotopic (exact) mass is 487 g/mol. The van der Waals surface area contributed by atoms with Crippen molar-refractivity contribution in [2.24, 2.45) is 0 Å². The van der Waals surface area contributed by atoms with E-state index in [1.165, 1.54) is 0 Å². The van der Waals surface area contributed by atoms with Gasteiger partial charge in [-0.1, -0.05) is 27.2 Å². The largest absolute Gasteiger partial charge is 0.388 e. The van der Waals surface area contributed by atoms with Gasteiger partial charge in [0.1, 0.15) is 0 Å². The molecular formula is C27H45N5O3. The number of amides is 1. The van der Waals surface area contributed by atoms with Gasteiger partial charge >= 0.3 is 0 Å². The van der Waals surface area contributed by atoms with Crippen LogP contribution in [0.3, 0.4) is 0 Å². The fraction of sp³-hybridized carbons (Fsp3) is 0.778. The number of rotatable bonds is 7. The maximum Gasteiger partial charge on any atom is 0.241 e. The van der Waals surface area contributed by atoms with Gasteiger partial charge in [0.25, 0.3) is 0 Å². The Morgan fingerprint density at radius 3 is 2.69 bits per heavy atom. The van der Waals surface area contributed by atoms with Gasteiger partial charge < -0.3 is 20.1 Å². The van der Waals surface area contributed by atoms with Crippen molar-refractivity contribution >= 4 is 11.6 Å². The third kappa shape index (κ3) is 5.72. The molecule has 5 atom stereocenters. The molecule has 0 aliphatic carbocycles. The van der Waals surface area contributed by atoms with Crippen LogP contribution >= 0.6 is 0 Å². The van der Waals surface area contributed by atoms with Crippen LogP contribution in [0.5, 0.6) is 0 Å². The lowest BCUT2D eigenvalue weighted by Crippen LogP contribution is -2.63. The summed E-state index contributed by atoms with van der Waals surface area (Å²) in [7, 11) is 0. The van der Waals surface area contributed by atoms with Crippen LogP contribution in [-0.2, 0) is 14.9 Å². The molecule has 0 radical (unpaired) electrons. The number of morpholine rings is 1. The Kier molecular flexibility index (Phi) is 8.18. The lowest BCUT2D eigenvalue weighted by atomic mass is 9.91. The first-order valence-electron chi connectivity index (χ1n) is 13.4. The molecule has 2 N–H and O–H groups in total. The molecule has 1 aromatic rings. The summed E-state index contributed by atoms with van der Waals surface area (Å²) in [4.78, 5) is 25.3. The van der Waals surface area contributed by atoms with E-state index in [1.807, 2.05) is 11.0 Å². The number of aromatic nitrogens is 1. The molecule has 8 heteroatoms. The summed E-state index contributed by atoms with van der Waals surface area (Å²) in [6, 6.07) is 3.36. The fourth-order valence-electron chi connectivity index (χ4n) is 5.90. The summed E-state index contributed by atoms with van der Waals surface area (Å²) in [5, 5.41) is 14.2. The quantitative estimate of drug-likeness (QED) is 0.611. The number of aliphatic hydroxyl groups excluding tert-OH is 1. The Balaban J connectivity index is 1.52. The summed E-state index contributed by atoms with van der Waals surface area (Å²) in [5.41, 5.74) is 2.39. The molecule has 3 aliphatic heterocycles. The lowest BCUT2D eigenvalue weighted by Gasteiger charge is -2.46. The number of hydrogen-bond acceptors (Lipinski definition) is 7. The van der Waals surface area contributed by atoms with Crippen molar-refractivity contribution in [2.75, 3.05) is 50.8 Å². The molecule has 4 rings (SSSR count). The summed E-state index contributed by atoms with van der Waals surface area (Å²) in [6.07, 6.45) is 2.83. The zero-order chi connectivity index (χ0) is 25.3. The number of nitrogens with zero attached hydrogens (tertiary/aromatic N) is 4. The van der Waals surface area contributed by atoms with Gasteiger partial charge in [0.05, 0.1) is 37.2 Å². The predicted octanol–water partition coefficient (Wildman–Crippen LogP) is 2.31. The number of piperazine rings is 1. The minimum atomic E-state index is -0.547. The highest BCUT2D eigenvalue weighted by atomic mass is 16.5. The van der Waals surface area contributed by atoms with Crippen molar-refractivity contribution < 1.29 is 14.6 Å². The highest BCUT2D eigenvalue weighted by molar-refractivity contribution is 5.97. The normalized spacial score (nSPS) is 30.3. The summed E-state index contributed by atoms with van der Waals surface area (Å²) >= 11 is 0. The predicted molar refractivity (Wildman–Crippen MR) is 139 cm³/mol. The first-order valence-corrected chi connectivity index (χ1v) is 13.4. The van der Waals surface area contributed by atoms with Crippen molar-refractivity contribution in [1.82, 2.24) is 20.1 Å². The maximum atomic E-state index is 13.8. The number of fused-ring (bicyclic) bond motifs is 1. The van der Waals surface area contributed by atoms with E-state index in [0.717, 1.165) is 56.2 Å². The maximum absolute atomic E-state index is 13.8. The molecule has 35 heavy (non-hydrogen) atoms. The first kappa shape index (κ1) is 26.5. The van der Waals surface area contributed by atoms with Crippen molar-refractivity contribution in [3.05, 3.63) is 23.5 Å². The van der Waals surface area contributed by atoms with E-state index < -0.39 is 6.10 Å². The minimum absolute atomic E-state index is 0.114. The number of carbonyl (C=O) groups is 1. The fourth-order valence-corrected chi connectivity index (χ4v) is 5.90. The zero-order valence-corrected chi connectivity index (χ0v) is 22.5. The van der Waals surface area contributed by atoms with Crippen LogP contribution in [-0.4, -0.2) is 95.9 Å². The summed E-state index contributed by atoms with van der Waals surface area (Å²) in [6.45, 7) is 18.2. The first-order chi connectivity index (χ1) is 16.6. The zero-order valence-electron chi connectivity index (χ0n) is 22.5. The van der Waals surface area contributed by atoms with Gasteiger partial charge in [-0.2, -0.15) is 0 Å². The van der Waals surface area contributed by atoms with Crippen LogP contribution in [0.15, 0.2) is 12.3 Å². The number of carbonyl (C=O) groups excluding carboxylic acids is 1. The Morgan fingerprint density at radius 2 is 2.00 bits per heavy atom. The number of ether oxygens (including phenoxy) is 1. The lowest BCUT2D eigenvalue weighted by molar-refractivity contribution is -0.121. The van der Waals surface area contributed by atoms with E-state index in [-0.39, 0.29) is 17.4 Å². The molecule has 2 fully saturated rings. The van der Waals surface area contributed by atoms with E-state index in [9.17, 15) is 9.90 Å². The van der Waals surface area contributed by atoms with E-state index in [0.29, 0.717) is 37.6 Å². The average Bonchev–Trinajstić information content (AvgIpc) is 3.08. The van der Waals surface area contributed by atoms with Gasteiger partial charge in [-0.3, -0.25) is 19.6 Å². The number of pyridine rings is 1. The Bertz CT molecular complexity index is 884. The van der Waals surface area contributed by atoms with Crippen LogP contribution in [0.4, 0.5) is 5.69 Å². The molecule has 0 saturated carbocycles. The molecule has 3 aliphatic rings. The van der Waals surface area contributed by atoms with E-state index >= 15 is 0 Å². The molecule has 1 amide bonds. The highest BCUT2D eigenvalue weighted by Crippen LogP contribution is 2.40. The van der Waals surface area contributed by atoms with Crippen LogP contribution < -0.4 is 10.2 Å². The standard InChI is InChI=1S/C27H45N5O3/c1-7-8-24(33)21-9-23-26(29-10-21)27(5,6)17-32(23)25(34)14-30-12-18(2)28-11-22(30)13-31-19(3)15-35-16-20(31)4/h9-10,18-20,22,24,28,33H,7-8,11-17H2,1-6H3/t18-,19-,20-,22-,24+/m1/s1. The molecule has 1 aromatic heterocycles. The summed E-state index contributed by atoms with van der Waals surface area (Å²) in [5.74, 6) is 0.114. The SMILES string of the molecule is CCC[C@H](O)c1cnc2c(c1)N(C(=O)CN1C[C@@H](C)NC[C@@H]1CN1[C@H](C)COC[C@H]1C)CC2(C)C. The Hall–Kier alpha value is -1.58. The third-order valence-electron chi connectivity index (χ3n) is 7.96. The third-order valence-corrected chi connectivity index (χ3v) is 7.96. The summed E-state index contributed by atoms with van der Waals surface area (Å²) < 4.78 is 5.73. The van der Waals surface area contributed by atoms with Crippen LogP contribution in [0.2, 0.25) is 0 Å². The van der Waals surface area contributed by atoms with Gasteiger partial charge in [-0.25, -0.2) is 0 Å². The molecule has 0 bridgehead atoms. The average molecular weight is 488 g/mol. The molecular weight excluding hydrogens is 442 g/mol. The van der Waals surface area contributed by atoms with Gasteiger partial charge in [-0.05, 0) is 33.3 Å². The number of hydrogen-bond donors (Lipinski definition) is 2. The number of anilines is 1.